The van der Waals surface area contributed by atoms with Crippen molar-refractivity contribution in [3.05, 3.63) is 0 Å². The molecule has 0 saturated heterocycles. The average molecular weight is 217 g/mol. The molecule has 0 aliphatic carbocycles. The summed E-state index contributed by atoms with van der Waals surface area (Å²) in [5.74, 6) is 0. The summed E-state index contributed by atoms with van der Waals surface area (Å²) in [5, 5.41) is 13.3. The summed E-state index contributed by atoms with van der Waals surface area (Å²) < 4.78 is 4.96. The number of methoxy groups -OCH3 is 1. The van der Waals surface area contributed by atoms with E-state index in [1.807, 2.05) is 6.92 Å². The number of ether oxygens (including phenoxy) is 1. The summed E-state index contributed by atoms with van der Waals surface area (Å²) in [6.07, 6.45) is 4.33. The summed E-state index contributed by atoms with van der Waals surface area (Å²) in [6.45, 7) is 7.47. The van der Waals surface area contributed by atoms with Gasteiger partial charge in [-0.05, 0) is 20.3 Å². The lowest BCUT2D eigenvalue weighted by Gasteiger charge is -2.25. The van der Waals surface area contributed by atoms with Crippen LogP contribution >= 0.6 is 0 Å². The smallest absolute Gasteiger partial charge is 0.0765 e. The predicted octanol–water partition coefficient (Wildman–Crippen LogP) is 1.94. The van der Waals surface area contributed by atoms with Crippen LogP contribution in [0.2, 0.25) is 0 Å². The molecule has 0 fully saturated rings. The largest absolute Gasteiger partial charge is 0.389 e. The quantitative estimate of drug-likeness (QED) is 0.620. The fourth-order valence-corrected chi connectivity index (χ4v) is 1.42. The molecule has 2 N–H and O–H groups in total. The predicted molar refractivity (Wildman–Crippen MR) is 64.1 cm³/mol. The number of hydrogen-bond acceptors (Lipinski definition) is 3. The van der Waals surface area contributed by atoms with Gasteiger partial charge in [-0.1, -0.05) is 19.8 Å². The lowest BCUT2D eigenvalue weighted by atomic mass is 10.0. The van der Waals surface area contributed by atoms with Crippen LogP contribution < -0.4 is 5.32 Å². The van der Waals surface area contributed by atoms with E-state index >= 15 is 0 Å². The maximum Gasteiger partial charge on any atom is 0.0765 e. The van der Waals surface area contributed by atoms with Gasteiger partial charge in [-0.3, -0.25) is 0 Å². The monoisotopic (exact) mass is 217 g/mol. The summed E-state index contributed by atoms with van der Waals surface area (Å²) in [7, 11) is 1.66. The van der Waals surface area contributed by atoms with Gasteiger partial charge in [0.1, 0.15) is 0 Å². The Morgan fingerprint density at radius 3 is 2.67 bits per heavy atom. The second-order valence-electron chi connectivity index (χ2n) is 4.66. The van der Waals surface area contributed by atoms with E-state index in [2.05, 4.69) is 19.2 Å². The first kappa shape index (κ1) is 14.9. The highest BCUT2D eigenvalue weighted by molar-refractivity contribution is 4.77. The van der Waals surface area contributed by atoms with E-state index in [1.165, 1.54) is 19.3 Å². The third kappa shape index (κ3) is 8.85. The highest BCUT2D eigenvalue weighted by atomic mass is 16.5. The Morgan fingerprint density at radius 2 is 2.13 bits per heavy atom. The second-order valence-corrected chi connectivity index (χ2v) is 4.66. The Bertz CT molecular complexity index is 149. The molecule has 0 amide bonds. The van der Waals surface area contributed by atoms with Crippen LogP contribution in [0.3, 0.4) is 0 Å². The Balaban J connectivity index is 3.62. The molecule has 0 aromatic rings. The van der Waals surface area contributed by atoms with Gasteiger partial charge in [-0.2, -0.15) is 0 Å². The van der Waals surface area contributed by atoms with Gasteiger partial charge in [0.15, 0.2) is 0 Å². The fourth-order valence-electron chi connectivity index (χ4n) is 1.42. The minimum Gasteiger partial charge on any atom is -0.389 e. The van der Waals surface area contributed by atoms with Crippen LogP contribution in [0, 0.1) is 0 Å². The van der Waals surface area contributed by atoms with Crippen molar-refractivity contribution in [2.75, 3.05) is 20.3 Å². The molecule has 0 radical (unpaired) electrons. The van der Waals surface area contributed by atoms with Gasteiger partial charge >= 0.3 is 0 Å². The maximum absolute atomic E-state index is 9.98. The molecule has 0 aliphatic heterocycles. The topological polar surface area (TPSA) is 41.5 Å². The first-order chi connectivity index (χ1) is 7.02. The van der Waals surface area contributed by atoms with Crippen molar-refractivity contribution in [1.82, 2.24) is 5.32 Å². The Kier molecular flexibility index (Phi) is 8.02. The molecular weight excluding hydrogens is 190 g/mol. The molecule has 0 aromatic heterocycles. The summed E-state index contributed by atoms with van der Waals surface area (Å²) in [6, 6.07) is 0.485. The van der Waals surface area contributed by atoms with Gasteiger partial charge in [0.25, 0.3) is 0 Å². The van der Waals surface area contributed by atoms with E-state index in [0.717, 1.165) is 0 Å². The van der Waals surface area contributed by atoms with Crippen LogP contribution in [0.1, 0.15) is 46.5 Å². The summed E-state index contributed by atoms with van der Waals surface area (Å²) >= 11 is 0. The lowest BCUT2D eigenvalue weighted by molar-refractivity contribution is 0.0229. The van der Waals surface area contributed by atoms with Gasteiger partial charge in [-0.25, -0.2) is 0 Å². The molecule has 2 unspecified atom stereocenters. The minimum absolute atomic E-state index is 0.485. The van der Waals surface area contributed by atoms with Crippen LogP contribution in [0.5, 0.6) is 0 Å². The van der Waals surface area contributed by atoms with Crippen molar-refractivity contribution in [3.63, 3.8) is 0 Å². The SMILES string of the molecule is CCCCC(C)NCC(C)(O)CCOC. The van der Waals surface area contributed by atoms with Crippen molar-refractivity contribution in [2.24, 2.45) is 0 Å². The lowest BCUT2D eigenvalue weighted by Crippen LogP contribution is -2.42. The third-order valence-corrected chi connectivity index (χ3v) is 2.67. The highest BCUT2D eigenvalue weighted by Crippen LogP contribution is 2.09. The Morgan fingerprint density at radius 1 is 1.47 bits per heavy atom. The zero-order valence-electron chi connectivity index (χ0n) is 10.7. The molecule has 15 heavy (non-hydrogen) atoms. The van der Waals surface area contributed by atoms with Crippen molar-refractivity contribution in [1.29, 1.82) is 0 Å². The summed E-state index contributed by atoms with van der Waals surface area (Å²) in [5.41, 5.74) is -0.656. The van der Waals surface area contributed by atoms with Crippen molar-refractivity contribution >= 4 is 0 Å². The van der Waals surface area contributed by atoms with Crippen LogP contribution in [-0.2, 0) is 4.74 Å². The van der Waals surface area contributed by atoms with E-state index in [0.29, 0.717) is 25.6 Å². The zero-order chi connectivity index (χ0) is 11.7. The molecular formula is C12H27NO2. The standard InChI is InChI=1S/C12H27NO2/c1-5-6-7-11(2)13-10-12(3,14)8-9-15-4/h11,13-14H,5-10H2,1-4H3. The molecule has 3 nitrogen and oxygen atoms in total. The molecule has 0 heterocycles. The number of unbranched alkanes of at least 4 members (excludes halogenated alkanes) is 1. The molecule has 0 rings (SSSR count). The van der Waals surface area contributed by atoms with Crippen molar-refractivity contribution in [3.8, 4) is 0 Å². The third-order valence-electron chi connectivity index (χ3n) is 2.67. The molecule has 0 saturated carbocycles. The van der Waals surface area contributed by atoms with Crippen LogP contribution in [0.15, 0.2) is 0 Å². The maximum atomic E-state index is 9.98. The number of hydrogen-bond donors (Lipinski definition) is 2. The van der Waals surface area contributed by atoms with Crippen molar-refractivity contribution < 1.29 is 9.84 Å². The molecule has 0 aromatic carbocycles. The van der Waals surface area contributed by atoms with E-state index in [9.17, 15) is 5.11 Å². The van der Waals surface area contributed by atoms with E-state index < -0.39 is 5.60 Å². The van der Waals surface area contributed by atoms with E-state index in [-0.39, 0.29) is 0 Å². The van der Waals surface area contributed by atoms with Gasteiger partial charge < -0.3 is 15.2 Å². The molecule has 0 spiro atoms. The van der Waals surface area contributed by atoms with Crippen molar-refractivity contribution in [2.45, 2.75) is 58.1 Å². The number of aliphatic hydroxyl groups is 1. The number of nitrogens with one attached hydrogen (secondary N) is 1. The molecule has 2 atom stereocenters. The van der Waals surface area contributed by atoms with Gasteiger partial charge in [0, 0.05) is 32.7 Å². The average Bonchev–Trinajstić information content (AvgIpc) is 2.21. The van der Waals surface area contributed by atoms with E-state index in [4.69, 9.17) is 4.74 Å². The van der Waals surface area contributed by atoms with Gasteiger partial charge in [0.05, 0.1) is 5.60 Å². The van der Waals surface area contributed by atoms with Crippen LogP contribution in [0.25, 0.3) is 0 Å². The number of rotatable bonds is 9. The van der Waals surface area contributed by atoms with Gasteiger partial charge in [0.2, 0.25) is 0 Å². The summed E-state index contributed by atoms with van der Waals surface area (Å²) in [4.78, 5) is 0. The van der Waals surface area contributed by atoms with Crippen LogP contribution in [0.4, 0.5) is 0 Å². The Hall–Kier alpha value is -0.120. The first-order valence-electron chi connectivity index (χ1n) is 5.96. The van der Waals surface area contributed by atoms with Crippen LogP contribution in [-0.4, -0.2) is 37.0 Å². The molecule has 92 valence electrons. The zero-order valence-corrected chi connectivity index (χ0v) is 10.7. The molecule has 3 heteroatoms. The molecule has 0 aliphatic rings. The van der Waals surface area contributed by atoms with E-state index in [1.54, 1.807) is 7.11 Å². The second kappa shape index (κ2) is 8.08. The minimum atomic E-state index is -0.656. The molecule has 0 bridgehead atoms. The van der Waals surface area contributed by atoms with Gasteiger partial charge in [-0.15, -0.1) is 0 Å². The highest BCUT2D eigenvalue weighted by Gasteiger charge is 2.20. The Labute approximate surface area is 94.2 Å². The first-order valence-corrected chi connectivity index (χ1v) is 5.96. The normalized spacial score (nSPS) is 17.4. The fraction of sp³-hybridized carbons (Fsp3) is 1.00.